The van der Waals surface area contributed by atoms with Gasteiger partial charge in [-0.25, -0.2) is 0 Å². The Morgan fingerprint density at radius 3 is 2.74 bits per heavy atom. The Balaban J connectivity index is 2.22. The fourth-order valence-corrected chi connectivity index (χ4v) is 2.59. The van der Waals surface area contributed by atoms with E-state index >= 15 is 0 Å². The summed E-state index contributed by atoms with van der Waals surface area (Å²) in [6, 6.07) is 0. The molecule has 0 spiro atoms. The van der Waals surface area contributed by atoms with Gasteiger partial charge in [0.1, 0.15) is 0 Å². The monoisotopic (exact) mass is 271 g/mol. The highest BCUT2D eigenvalue weighted by Gasteiger charge is 2.30. The highest BCUT2D eigenvalue weighted by Crippen LogP contribution is 2.29. The lowest BCUT2D eigenvalue weighted by molar-refractivity contribution is -0.145. The summed E-state index contributed by atoms with van der Waals surface area (Å²) in [5.41, 5.74) is 0. The third-order valence-corrected chi connectivity index (χ3v) is 3.68. The number of carbonyl (C=O) groups excluding carboxylic acids is 1. The van der Waals surface area contributed by atoms with E-state index in [9.17, 15) is 9.59 Å². The number of amides is 1. The lowest BCUT2D eigenvalue weighted by Crippen LogP contribution is -2.37. The van der Waals surface area contributed by atoms with Crippen molar-refractivity contribution in [2.75, 3.05) is 19.8 Å². The Bertz CT molecular complexity index is 293. The molecular weight excluding hydrogens is 246 g/mol. The minimum absolute atomic E-state index is 0.00517. The van der Waals surface area contributed by atoms with Crippen molar-refractivity contribution >= 4 is 11.9 Å². The van der Waals surface area contributed by atoms with Gasteiger partial charge in [0.05, 0.1) is 5.92 Å². The van der Waals surface area contributed by atoms with Crippen LogP contribution < -0.4 is 5.32 Å². The maximum absolute atomic E-state index is 11.6. The summed E-state index contributed by atoms with van der Waals surface area (Å²) in [4.78, 5) is 22.7. The molecule has 5 nitrogen and oxygen atoms in total. The minimum atomic E-state index is -0.727. The number of nitrogens with one attached hydrogen (secondary N) is 1. The molecule has 1 rings (SSSR count). The van der Waals surface area contributed by atoms with E-state index in [2.05, 4.69) is 5.32 Å². The molecule has 110 valence electrons. The Morgan fingerprint density at radius 2 is 2.05 bits per heavy atom. The SMILES string of the molecule is CCOCCCC(=O)NCC1CCCCC1C(=O)O. The molecule has 0 aromatic carbocycles. The first-order valence-electron chi connectivity index (χ1n) is 7.22. The van der Waals surface area contributed by atoms with Crippen molar-refractivity contribution < 1.29 is 19.4 Å². The summed E-state index contributed by atoms with van der Waals surface area (Å²) in [6.07, 6.45) is 4.85. The smallest absolute Gasteiger partial charge is 0.306 e. The molecule has 0 aliphatic heterocycles. The van der Waals surface area contributed by atoms with Crippen LogP contribution in [0.3, 0.4) is 0 Å². The van der Waals surface area contributed by atoms with Gasteiger partial charge < -0.3 is 15.2 Å². The fourth-order valence-electron chi connectivity index (χ4n) is 2.59. The van der Waals surface area contributed by atoms with E-state index in [0.717, 1.165) is 25.7 Å². The zero-order chi connectivity index (χ0) is 14.1. The predicted octanol–water partition coefficient (Wildman–Crippen LogP) is 1.81. The van der Waals surface area contributed by atoms with Crippen LogP contribution in [-0.4, -0.2) is 36.7 Å². The van der Waals surface area contributed by atoms with Crippen molar-refractivity contribution in [1.82, 2.24) is 5.32 Å². The second-order valence-electron chi connectivity index (χ2n) is 5.09. The van der Waals surface area contributed by atoms with Crippen LogP contribution in [0.1, 0.15) is 45.4 Å². The first-order chi connectivity index (χ1) is 9.15. The predicted molar refractivity (Wildman–Crippen MR) is 71.8 cm³/mol. The average molecular weight is 271 g/mol. The summed E-state index contributed by atoms with van der Waals surface area (Å²) in [7, 11) is 0. The molecule has 0 bridgehead atoms. The van der Waals surface area contributed by atoms with Gasteiger partial charge in [-0.05, 0) is 32.1 Å². The van der Waals surface area contributed by atoms with Crippen molar-refractivity contribution in [2.45, 2.75) is 45.4 Å². The van der Waals surface area contributed by atoms with Crippen LogP contribution >= 0.6 is 0 Å². The number of ether oxygens (including phenoxy) is 1. The van der Waals surface area contributed by atoms with Gasteiger partial charge in [0.15, 0.2) is 0 Å². The number of carboxylic acid groups (broad SMARTS) is 1. The van der Waals surface area contributed by atoms with Crippen LogP contribution in [0.2, 0.25) is 0 Å². The van der Waals surface area contributed by atoms with Crippen LogP contribution in [0.25, 0.3) is 0 Å². The number of rotatable bonds is 8. The van der Waals surface area contributed by atoms with Gasteiger partial charge in [-0.15, -0.1) is 0 Å². The van der Waals surface area contributed by atoms with E-state index in [4.69, 9.17) is 9.84 Å². The molecule has 1 amide bonds. The normalized spacial score (nSPS) is 23.0. The van der Waals surface area contributed by atoms with Gasteiger partial charge in [0.25, 0.3) is 0 Å². The van der Waals surface area contributed by atoms with Crippen LogP contribution in [0.15, 0.2) is 0 Å². The lowest BCUT2D eigenvalue weighted by atomic mass is 9.79. The quantitative estimate of drug-likeness (QED) is 0.660. The third kappa shape index (κ3) is 6.05. The number of hydrogen-bond donors (Lipinski definition) is 2. The summed E-state index contributed by atoms with van der Waals surface area (Å²) >= 11 is 0. The van der Waals surface area contributed by atoms with Crippen LogP contribution in [0, 0.1) is 11.8 Å². The molecule has 2 N–H and O–H groups in total. The van der Waals surface area contributed by atoms with E-state index in [1.54, 1.807) is 0 Å². The Morgan fingerprint density at radius 1 is 1.32 bits per heavy atom. The van der Waals surface area contributed by atoms with Crippen molar-refractivity contribution in [1.29, 1.82) is 0 Å². The molecule has 0 saturated heterocycles. The summed E-state index contributed by atoms with van der Waals surface area (Å²) in [6.45, 7) is 3.69. The lowest BCUT2D eigenvalue weighted by Gasteiger charge is -2.28. The van der Waals surface area contributed by atoms with Crippen molar-refractivity contribution in [3.8, 4) is 0 Å². The molecular formula is C14H25NO4. The number of hydrogen-bond acceptors (Lipinski definition) is 3. The van der Waals surface area contributed by atoms with Gasteiger partial charge >= 0.3 is 5.97 Å². The second-order valence-corrected chi connectivity index (χ2v) is 5.09. The van der Waals surface area contributed by atoms with Gasteiger partial charge in [0.2, 0.25) is 5.91 Å². The van der Waals surface area contributed by atoms with E-state index in [1.165, 1.54) is 0 Å². The molecule has 1 aliphatic carbocycles. The summed E-state index contributed by atoms with van der Waals surface area (Å²) in [5.74, 6) is -0.940. The van der Waals surface area contributed by atoms with E-state index in [1.807, 2.05) is 6.92 Å². The molecule has 0 radical (unpaired) electrons. The van der Waals surface area contributed by atoms with Crippen LogP contribution in [0.4, 0.5) is 0 Å². The number of carboxylic acids is 1. The van der Waals surface area contributed by atoms with Crippen molar-refractivity contribution in [2.24, 2.45) is 11.8 Å². The third-order valence-electron chi connectivity index (χ3n) is 3.68. The van der Waals surface area contributed by atoms with Crippen molar-refractivity contribution in [3.63, 3.8) is 0 Å². The Labute approximate surface area is 114 Å². The maximum Gasteiger partial charge on any atom is 0.306 e. The van der Waals surface area contributed by atoms with Crippen LogP contribution in [0.5, 0.6) is 0 Å². The van der Waals surface area contributed by atoms with Gasteiger partial charge in [0, 0.05) is 26.2 Å². The van der Waals surface area contributed by atoms with E-state index in [0.29, 0.717) is 32.6 Å². The average Bonchev–Trinajstić information content (AvgIpc) is 2.41. The topological polar surface area (TPSA) is 75.6 Å². The molecule has 1 saturated carbocycles. The maximum atomic E-state index is 11.6. The Hall–Kier alpha value is -1.10. The standard InChI is InChI=1S/C14H25NO4/c1-2-19-9-5-8-13(16)15-10-11-6-3-4-7-12(11)14(17)18/h11-12H,2-10H2,1H3,(H,15,16)(H,17,18). The fraction of sp³-hybridized carbons (Fsp3) is 0.857. The highest BCUT2D eigenvalue weighted by atomic mass is 16.5. The zero-order valence-electron chi connectivity index (χ0n) is 11.7. The van der Waals surface area contributed by atoms with E-state index in [-0.39, 0.29) is 17.7 Å². The number of aliphatic carboxylic acids is 1. The van der Waals surface area contributed by atoms with E-state index < -0.39 is 5.97 Å². The van der Waals surface area contributed by atoms with Gasteiger partial charge in [-0.3, -0.25) is 9.59 Å². The van der Waals surface area contributed by atoms with Gasteiger partial charge in [-0.1, -0.05) is 12.8 Å². The number of carbonyl (C=O) groups is 2. The molecule has 1 aliphatic rings. The van der Waals surface area contributed by atoms with Crippen LogP contribution in [-0.2, 0) is 14.3 Å². The molecule has 0 aromatic rings. The molecule has 0 aromatic heterocycles. The zero-order valence-corrected chi connectivity index (χ0v) is 11.7. The molecule has 19 heavy (non-hydrogen) atoms. The first kappa shape index (κ1) is 16.0. The highest BCUT2D eigenvalue weighted by molar-refractivity contribution is 5.76. The summed E-state index contributed by atoms with van der Waals surface area (Å²) in [5, 5.41) is 12.0. The summed E-state index contributed by atoms with van der Waals surface area (Å²) < 4.78 is 5.17. The van der Waals surface area contributed by atoms with Gasteiger partial charge in [-0.2, -0.15) is 0 Å². The minimum Gasteiger partial charge on any atom is -0.481 e. The molecule has 2 unspecified atom stereocenters. The molecule has 1 fully saturated rings. The Kier molecular flexibility index (Phi) is 7.48. The first-order valence-corrected chi connectivity index (χ1v) is 7.22. The largest absolute Gasteiger partial charge is 0.481 e. The second kappa shape index (κ2) is 8.91. The molecule has 2 atom stereocenters. The molecule has 5 heteroatoms. The van der Waals surface area contributed by atoms with Crippen molar-refractivity contribution in [3.05, 3.63) is 0 Å². The molecule has 0 heterocycles.